The molecule has 2 N–H and O–H groups in total. The largest absolute Gasteiger partial charge is 0.507 e. The van der Waals surface area contributed by atoms with Gasteiger partial charge in [-0.15, -0.1) is 0 Å². The number of phenols is 2. The quantitative estimate of drug-likeness (QED) is 0.106. The van der Waals surface area contributed by atoms with E-state index >= 15 is 0 Å². The third kappa shape index (κ3) is 7.40. The summed E-state index contributed by atoms with van der Waals surface area (Å²) in [5, 5.41) is 27.6. The summed E-state index contributed by atoms with van der Waals surface area (Å²) in [6.07, 6.45) is 8.18. The van der Waals surface area contributed by atoms with Crippen molar-refractivity contribution in [3.8, 4) is 56.4 Å². The number of hydrogen-bond acceptors (Lipinski definition) is 4. The highest BCUT2D eigenvalue weighted by Crippen LogP contribution is 2.53. The molecule has 0 spiro atoms. The van der Waals surface area contributed by atoms with Crippen LogP contribution in [0.5, 0.6) is 23.0 Å². The van der Waals surface area contributed by atoms with Crippen LogP contribution in [0.3, 0.4) is 0 Å². The number of ether oxygens (including phenoxy) is 2. The second-order valence-corrected chi connectivity index (χ2v) is 12.8. The molecule has 0 heterocycles. The van der Waals surface area contributed by atoms with Crippen LogP contribution in [0.15, 0.2) is 97.1 Å². The number of halogens is 2. The van der Waals surface area contributed by atoms with Gasteiger partial charge in [-0.2, -0.15) is 0 Å². The Hall–Kier alpha value is -5.10. The normalized spacial score (nSPS) is 11.4. The van der Waals surface area contributed by atoms with Crippen LogP contribution in [-0.2, 0) is 0 Å². The summed E-state index contributed by atoms with van der Waals surface area (Å²) >= 11 is 0. The van der Waals surface area contributed by atoms with Crippen LogP contribution in [0, 0.1) is 11.6 Å². The van der Waals surface area contributed by atoms with Crippen LogP contribution in [0.2, 0.25) is 0 Å². The summed E-state index contributed by atoms with van der Waals surface area (Å²) in [6.45, 7) is 5.22. The Labute approximate surface area is 292 Å². The van der Waals surface area contributed by atoms with Crippen LogP contribution in [0.4, 0.5) is 8.78 Å². The summed E-state index contributed by atoms with van der Waals surface area (Å²) in [5.41, 5.74) is 2.33. The van der Waals surface area contributed by atoms with Crippen molar-refractivity contribution < 1.29 is 28.5 Å². The van der Waals surface area contributed by atoms with E-state index in [2.05, 4.69) is 13.8 Å². The van der Waals surface area contributed by atoms with Crippen molar-refractivity contribution in [2.24, 2.45) is 0 Å². The predicted octanol–water partition coefficient (Wildman–Crippen LogP) is 12.6. The Balaban J connectivity index is 1.56. The third-order valence-electron chi connectivity index (χ3n) is 9.27. The molecule has 258 valence electrons. The second-order valence-electron chi connectivity index (χ2n) is 12.8. The molecule has 0 saturated heterocycles. The van der Waals surface area contributed by atoms with E-state index in [0.717, 1.165) is 62.1 Å². The minimum absolute atomic E-state index is 0.130. The lowest BCUT2D eigenvalue weighted by Crippen LogP contribution is -2.00. The monoisotopic (exact) mass is 674 g/mol. The molecule has 0 radical (unpaired) electrons. The standard InChI is InChI=1S/C44H44F2O4/c1-3-5-7-13-23-49-39-21-19-31(45)27-35(39)37-25-29-15-9-11-17-33(29)41(43(37)47)42-34-18-12-10-16-30(34)26-38(44(42)48)36-28-32(46)20-22-40(36)50-24-14-8-6-4-2/h9-12,15-22,25-28,47-48H,3-8,13-14,23-24H2,1-2H3. The van der Waals surface area contributed by atoms with Crippen molar-refractivity contribution in [1.82, 2.24) is 0 Å². The lowest BCUT2D eigenvalue weighted by atomic mass is 9.86. The SMILES string of the molecule is CCCCCCOc1ccc(F)cc1-c1cc2ccccc2c(-c2c(O)c(-c3cc(F)ccc3OCCCCCC)cc3ccccc23)c1O. The van der Waals surface area contributed by atoms with Gasteiger partial charge in [0.2, 0.25) is 0 Å². The van der Waals surface area contributed by atoms with Crippen molar-refractivity contribution in [1.29, 1.82) is 0 Å². The first-order chi connectivity index (χ1) is 24.4. The summed E-state index contributed by atoms with van der Waals surface area (Å²) in [7, 11) is 0. The van der Waals surface area contributed by atoms with Crippen LogP contribution >= 0.6 is 0 Å². The average molecular weight is 675 g/mol. The van der Waals surface area contributed by atoms with Crippen LogP contribution in [0.1, 0.15) is 65.2 Å². The molecule has 6 rings (SSSR count). The molecule has 0 fully saturated rings. The highest BCUT2D eigenvalue weighted by Gasteiger charge is 2.25. The van der Waals surface area contributed by atoms with Gasteiger partial charge in [0.05, 0.1) is 13.2 Å². The van der Waals surface area contributed by atoms with Crippen molar-refractivity contribution in [3.63, 3.8) is 0 Å². The molecule has 50 heavy (non-hydrogen) atoms. The molecule has 6 aromatic carbocycles. The summed E-state index contributed by atoms with van der Waals surface area (Å²) in [4.78, 5) is 0. The Morgan fingerprint density at radius 2 is 0.900 bits per heavy atom. The number of phenolic OH excluding ortho intramolecular Hbond substituents is 2. The molecular weight excluding hydrogens is 630 g/mol. The Morgan fingerprint density at radius 3 is 1.32 bits per heavy atom. The van der Waals surface area contributed by atoms with Gasteiger partial charge in [0.1, 0.15) is 34.6 Å². The fourth-order valence-corrected chi connectivity index (χ4v) is 6.69. The van der Waals surface area contributed by atoms with E-state index in [1.54, 1.807) is 12.1 Å². The zero-order valence-corrected chi connectivity index (χ0v) is 28.8. The predicted molar refractivity (Wildman–Crippen MR) is 200 cm³/mol. The smallest absolute Gasteiger partial charge is 0.132 e. The van der Waals surface area contributed by atoms with Crippen molar-refractivity contribution in [2.45, 2.75) is 65.2 Å². The molecule has 0 saturated carbocycles. The van der Waals surface area contributed by atoms with Gasteiger partial charge in [0.15, 0.2) is 0 Å². The molecule has 0 aliphatic heterocycles. The zero-order valence-electron chi connectivity index (χ0n) is 28.8. The maximum atomic E-state index is 14.9. The minimum Gasteiger partial charge on any atom is -0.507 e. The fraction of sp³-hybridized carbons (Fsp3) is 0.273. The summed E-state index contributed by atoms with van der Waals surface area (Å²) < 4.78 is 42.2. The van der Waals surface area contributed by atoms with Gasteiger partial charge in [-0.25, -0.2) is 8.78 Å². The van der Waals surface area contributed by atoms with E-state index in [9.17, 15) is 19.0 Å². The molecule has 0 aliphatic rings. The molecule has 0 aromatic heterocycles. The van der Waals surface area contributed by atoms with E-state index in [4.69, 9.17) is 9.47 Å². The number of aromatic hydroxyl groups is 2. The fourth-order valence-electron chi connectivity index (χ4n) is 6.69. The third-order valence-corrected chi connectivity index (χ3v) is 9.27. The van der Waals surface area contributed by atoms with Crippen LogP contribution in [0.25, 0.3) is 54.9 Å². The zero-order chi connectivity index (χ0) is 35.0. The molecule has 6 heteroatoms. The van der Waals surface area contributed by atoms with Crippen molar-refractivity contribution in [3.05, 3.63) is 109 Å². The number of fused-ring (bicyclic) bond motifs is 2. The van der Waals surface area contributed by atoms with E-state index in [0.29, 0.717) is 68.9 Å². The first kappa shape index (κ1) is 34.8. The molecule has 0 bridgehead atoms. The van der Waals surface area contributed by atoms with Gasteiger partial charge in [0, 0.05) is 33.4 Å². The minimum atomic E-state index is -0.462. The van der Waals surface area contributed by atoms with E-state index in [-0.39, 0.29) is 11.5 Å². The molecule has 0 unspecified atom stereocenters. The maximum absolute atomic E-state index is 14.9. The Bertz CT molecular complexity index is 1950. The molecule has 0 aliphatic carbocycles. The van der Waals surface area contributed by atoms with Gasteiger partial charge >= 0.3 is 0 Å². The summed E-state index contributed by atoms with van der Waals surface area (Å²) in [5.74, 6) is -0.263. The Kier molecular flexibility index (Phi) is 11.2. The maximum Gasteiger partial charge on any atom is 0.132 e. The van der Waals surface area contributed by atoms with Crippen LogP contribution < -0.4 is 9.47 Å². The molecular formula is C44H44F2O4. The lowest BCUT2D eigenvalue weighted by molar-refractivity contribution is 0.305. The number of hydrogen-bond donors (Lipinski definition) is 2. The lowest BCUT2D eigenvalue weighted by Gasteiger charge is -2.21. The van der Waals surface area contributed by atoms with E-state index in [1.807, 2.05) is 60.7 Å². The molecule has 6 aromatic rings. The second kappa shape index (κ2) is 16.1. The summed E-state index contributed by atoms with van der Waals surface area (Å²) in [6, 6.07) is 27.5. The highest BCUT2D eigenvalue weighted by molar-refractivity contribution is 6.14. The average Bonchev–Trinajstić information content (AvgIpc) is 3.12. The molecule has 0 atom stereocenters. The van der Waals surface area contributed by atoms with Gasteiger partial charge in [0.25, 0.3) is 0 Å². The van der Waals surface area contributed by atoms with Gasteiger partial charge in [-0.05, 0) is 82.9 Å². The van der Waals surface area contributed by atoms with E-state index in [1.165, 1.54) is 24.3 Å². The van der Waals surface area contributed by atoms with Gasteiger partial charge in [-0.1, -0.05) is 101 Å². The van der Waals surface area contributed by atoms with Crippen molar-refractivity contribution in [2.75, 3.05) is 13.2 Å². The first-order valence-corrected chi connectivity index (χ1v) is 17.8. The highest BCUT2D eigenvalue weighted by atomic mass is 19.1. The topological polar surface area (TPSA) is 58.9 Å². The Morgan fingerprint density at radius 1 is 0.480 bits per heavy atom. The number of rotatable bonds is 15. The van der Waals surface area contributed by atoms with Crippen LogP contribution in [-0.4, -0.2) is 23.4 Å². The van der Waals surface area contributed by atoms with Gasteiger partial charge < -0.3 is 19.7 Å². The van der Waals surface area contributed by atoms with E-state index < -0.39 is 11.6 Å². The number of unbranched alkanes of at least 4 members (excludes halogenated alkanes) is 6. The van der Waals surface area contributed by atoms with Crippen molar-refractivity contribution >= 4 is 21.5 Å². The van der Waals surface area contributed by atoms with Gasteiger partial charge in [-0.3, -0.25) is 0 Å². The molecule has 4 nitrogen and oxygen atoms in total. The number of benzene rings is 6. The first-order valence-electron chi connectivity index (χ1n) is 17.8. The molecule has 0 amide bonds.